The Balaban J connectivity index is 2.49. The second-order valence-corrected chi connectivity index (χ2v) is 4.83. The third-order valence-corrected chi connectivity index (χ3v) is 3.52. The minimum absolute atomic E-state index is 0.214. The van der Waals surface area contributed by atoms with Crippen molar-refractivity contribution in [2.45, 2.75) is 32.7 Å². The van der Waals surface area contributed by atoms with Crippen molar-refractivity contribution in [1.82, 2.24) is 4.90 Å². The molecule has 0 fully saturated rings. The molecule has 1 aromatic carbocycles. The molecule has 0 bridgehead atoms. The van der Waals surface area contributed by atoms with Crippen molar-refractivity contribution in [2.75, 3.05) is 26.8 Å². The lowest BCUT2D eigenvalue weighted by molar-refractivity contribution is 0.0916. The Morgan fingerprint density at radius 3 is 2.53 bits per heavy atom. The molecule has 0 aromatic heterocycles. The first-order valence-electron chi connectivity index (χ1n) is 7.00. The molecule has 3 heteroatoms. The molecule has 0 saturated heterocycles. The summed E-state index contributed by atoms with van der Waals surface area (Å²) in [5, 5.41) is 0. The van der Waals surface area contributed by atoms with Crippen molar-refractivity contribution in [3.8, 4) is 0 Å². The van der Waals surface area contributed by atoms with Crippen LogP contribution in [0, 0.1) is 0 Å². The summed E-state index contributed by atoms with van der Waals surface area (Å²) in [6, 6.07) is 9.99. The average molecular weight is 263 g/mol. The molecule has 1 unspecified atom stereocenters. The third kappa shape index (κ3) is 5.53. The Kier molecular flexibility index (Phi) is 7.38. The molecule has 0 amide bonds. The standard InChI is InChI=1S/C16H25NO2/c1-4-14(2)17(12-13-19-3)11-10-16(18)15-8-6-5-7-9-15/h5-9,14H,4,10-13H2,1-3H3. The van der Waals surface area contributed by atoms with Crippen LogP contribution < -0.4 is 0 Å². The van der Waals surface area contributed by atoms with E-state index in [4.69, 9.17) is 4.74 Å². The number of carbonyl (C=O) groups excluding carboxylic acids is 1. The summed E-state index contributed by atoms with van der Waals surface area (Å²) in [6.45, 7) is 6.76. The van der Waals surface area contributed by atoms with Crippen molar-refractivity contribution >= 4 is 5.78 Å². The van der Waals surface area contributed by atoms with Crippen LogP contribution in [0.25, 0.3) is 0 Å². The molecule has 1 rings (SSSR count). The maximum absolute atomic E-state index is 12.1. The number of carbonyl (C=O) groups is 1. The summed E-state index contributed by atoms with van der Waals surface area (Å²) in [7, 11) is 1.71. The van der Waals surface area contributed by atoms with Crippen molar-refractivity contribution in [1.29, 1.82) is 0 Å². The first-order valence-corrected chi connectivity index (χ1v) is 7.00. The van der Waals surface area contributed by atoms with E-state index in [1.54, 1.807) is 7.11 Å². The van der Waals surface area contributed by atoms with Crippen LogP contribution in [0.4, 0.5) is 0 Å². The van der Waals surface area contributed by atoms with Gasteiger partial charge in [0.1, 0.15) is 0 Å². The minimum atomic E-state index is 0.214. The third-order valence-electron chi connectivity index (χ3n) is 3.52. The molecule has 3 nitrogen and oxygen atoms in total. The SMILES string of the molecule is CCC(C)N(CCOC)CCC(=O)c1ccccc1. The first-order chi connectivity index (χ1) is 9.19. The maximum Gasteiger partial charge on any atom is 0.164 e. The number of nitrogens with zero attached hydrogens (tertiary/aromatic N) is 1. The number of hydrogen-bond donors (Lipinski definition) is 0. The van der Waals surface area contributed by atoms with Gasteiger partial charge in [0.05, 0.1) is 6.61 Å². The highest BCUT2D eigenvalue weighted by atomic mass is 16.5. The van der Waals surface area contributed by atoms with E-state index in [-0.39, 0.29) is 5.78 Å². The number of methoxy groups -OCH3 is 1. The van der Waals surface area contributed by atoms with E-state index in [9.17, 15) is 4.79 Å². The molecule has 0 saturated carbocycles. The summed E-state index contributed by atoms with van der Waals surface area (Å²) in [5.74, 6) is 0.214. The van der Waals surface area contributed by atoms with E-state index in [0.717, 1.165) is 25.1 Å². The zero-order valence-electron chi connectivity index (χ0n) is 12.3. The van der Waals surface area contributed by atoms with E-state index < -0.39 is 0 Å². The van der Waals surface area contributed by atoms with Crippen LogP contribution in [0.5, 0.6) is 0 Å². The van der Waals surface area contributed by atoms with Crippen LogP contribution in [0.2, 0.25) is 0 Å². The zero-order valence-corrected chi connectivity index (χ0v) is 12.3. The second kappa shape index (κ2) is 8.83. The van der Waals surface area contributed by atoms with Crippen LogP contribution in [0.1, 0.15) is 37.0 Å². The van der Waals surface area contributed by atoms with Crippen LogP contribution in [-0.4, -0.2) is 43.5 Å². The van der Waals surface area contributed by atoms with E-state index >= 15 is 0 Å². The second-order valence-electron chi connectivity index (χ2n) is 4.83. The van der Waals surface area contributed by atoms with Gasteiger partial charge in [-0.1, -0.05) is 37.3 Å². The fourth-order valence-electron chi connectivity index (χ4n) is 2.03. The van der Waals surface area contributed by atoms with Gasteiger partial charge in [-0.15, -0.1) is 0 Å². The van der Waals surface area contributed by atoms with Crippen LogP contribution >= 0.6 is 0 Å². The largest absolute Gasteiger partial charge is 0.383 e. The van der Waals surface area contributed by atoms with Gasteiger partial charge < -0.3 is 4.74 Å². The van der Waals surface area contributed by atoms with Crippen LogP contribution in [0.15, 0.2) is 30.3 Å². The van der Waals surface area contributed by atoms with Crippen molar-refractivity contribution in [3.05, 3.63) is 35.9 Å². The molecule has 0 spiro atoms. The van der Waals surface area contributed by atoms with Gasteiger partial charge >= 0.3 is 0 Å². The minimum Gasteiger partial charge on any atom is -0.383 e. The Hall–Kier alpha value is -1.19. The fraction of sp³-hybridized carbons (Fsp3) is 0.562. The Labute approximate surface area is 116 Å². The molecule has 19 heavy (non-hydrogen) atoms. The summed E-state index contributed by atoms with van der Waals surface area (Å²) < 4.78 is 5.13. The van der Waals surface area contributed by atoms with Crippen molar-refractivity contribution < 1.29 is 9.53 Å². The quantitative estimate of drug-likeness (QED) is 0.641. The lowest BCUT2D eigenvalue weighted by atomic mass is 10.1. The maximum atomic E-state index is 12.1. The zero-order chi connectivity index (χ0) is 14.1. The van der Waals surface area contributed by atoms with E-state index in [1.807, 2.05) is 30.3 Å². The highest BCUT2D eigenvalue weighted by Gasteiger charge is 2.14. The van der Waals surface area contributed by atoms with Gasteiger partial charge in [-0.2, -0.15) is 0 Å². The summed E-state index contributed by atoms with van der Waals surface area (Å²) in [4.78, 5) is 14.4. The summed E-state index contributed by atoms with van der Waals surface area (Å²) >= 11 is 0. The smallest absolute Gasteiger partial charge is 0.164 e. The predicted molar refractivity (Wildman–Crippen MR) is 78.6 cm³/mol. The summed E-state index contributed by atoms with van der Waals surface area (Å²) in [6.07, 6.45) is 1.65. The van der Waals surface area contributed by atoms with Gasteiger partial charge in [-0.05, 0) is 13.3 Å². The molecular weight excluding hydrogens is 238 g/mol. The molecule has 0 heterocycles. The summed E-state index contributed by atoms with van der Waals surface area (Å²) in [5.41, 5.74) is 0.804. The van der Waals surface area contributed by atoms with E-state index in [1.165, 1.54) is 0 Å². The Morgan fingerprint density at radius 2 is 1.95 bits per heavy atom. The number of Topliss-reactive ketones (excluding diaryl/α,β-unsaturated/α-hetero) is 1. The number of rotatable bonds is 9. The Bertz CT molecular complexity index is 364. The molecule has 0 aliphatic rings. The number of benzene rings is 1. The van der Waals surface area contributed by atoms with Crippen LogP contribution in [0.3, 0.4) is 0 Å². The molecule has 1 atom stereocenters. The highest BCUT2D eigenvalue weighted by Crippen LogP contribution is 2.08. The monoisotopic (exact) mass is 263 g/mol. The lowest BCUT2D eigenvalue weighted by Crippen LogP contribution is -2.37. The van der Waals surface area contributed by atoms with Crippen molar-refractivity contribution in [3.63, 3.8) is 0 Å². The number of ether oxygens (including phenoxy) is 1. The first kappa shape index (κ1) is 15.9. The van der Waals surface area contributed by atoms with E-state index in [2.05, 4.69) is 18.7 Å². The average Bonchev–Trinajstić information content (AvgIpc) is 2.47. The van der Waals surface area contributed by atoms with Gasteiger partial charge in [-0.25, -0.2) is 0 Å². The van der Waals surface area contributed by atoms with E-state index in [0.29, 0.717) is 19.1 Å². The highest BCUT2D eigenvalue weighted by molar-refractivity contribution is 5.96. The van der Waals surface area contributed by atoms with Gasteiger partial charge in [0.25, 0.3) is 0 Å². The topological polar surface area (TPSA) is 29.5 Å². The van der Waals surface area contributed by atoms with Gasteiger partial charge in [0, 0.05) is 38.2 Å². The van der Waals surface area contributed by atoms with Crippen molar-refractivity contribution in [2.24, 2.45) is 0 Å². The fourth-order valence-corrected chi connectivity index (χ4v) is 2.03. The van der Waals surface area contributed by atoms with Gasteiger partial charge in [0.2, 0.25) is 0 Å². The number of ketones is 1. The Morgan fingerprint density at radius 1 is 1.26 bits per heavy atom. The lowest BCUT2D eigenvalue weighted by Gasteiger charge is -2.27. The molecular formula is C16H25NO2. The molecule has 0 N–H and O–H groups in total. The molecule has 1 aromatic rings. The molecule has 106 valence electrons. The molecule has 0 aliphatic heterocycles. The number of hydrogen-bond acceptors (Lipinski definition) is 3. The normalized spacial score (nSPS) is 12.6. The molecule has 0 radical (unpaired) electrons. The predicted octanol–water partition coefficient (Wildman–Crippen LogP) is 3.01. The molecule has 0 aliphatic carbocycles. The van der Waals surface area contributed by atoms with Crippen LogP contribution in [-0.2, 0) is 4.74 Å². The van der Waals surface area contributed by atoms with Gasteiger partial charge in [0.15, 0.2) is 5.78 Å². The van der Waals surface area contributed by atoms with Gasteiger partial charge in [-0.3, -0.25) is 9.69 Å².